The van der Waals surface area contributed by atoms with E-state index < -0.39 is 5.82 Å². The molecule has 1 aromatic rings. The Morgan fingerprint density at radius 3 is 2.52 bits per heavy atom. The molecule has 0 aromatic heterocycles. The van der Waals surface area contributed by atoms with Gasteiger partial charge in [-0.15, -0.1) is 0 Å². The first-order valence-corrected chi connectivity index (χ1v) is 8.02. The van der Waals surface area contributed by atoms with Crippen LogP contribution >= 0.6 is 0 Å². The smallest absolute Gasteiger partial charge is 0.251 e. The van der Waals surface area contributed by atoms with Crippen molar-refractivity contribution in [2.75, 3.05) is 38.6 Å². The maximum absolute atomic E-state index is 13.9. The molecule has 1 N–H and O–H groups in total. The number of carbonyl (C=O) groups excluding carboxylic acids is 2. The van der Waals surface area contributed by atoms with Crippen molar-refractivity contribution in [1.82, 2.24) is 10.2 Å². The zero-order chi connectivity index (χ0) is 16.8. The predicted octanol–water partition coefficient (Wildman–Crippen LogP) is 2.02. The molecule has 0 bridgehead atoms. The first-order valence-electron chi connectivity index (χ1n) is 8.02. The highest BCUT2D eigenvalue weighted by atomic mass is 19.1. The molecular formula is C17H24FN3O2. The molecule has 6 heteroatoms. The van der Waals surface area contributed by atoms with Crippen LogP contribution in [0.25, 0.3) is 0 Å². The summed E-state index contributed by atoms with van der Waals surface area (Å²) in [6, 6.07) is 4.38. The van der Waals surface area contributed by atoms with Crippen LogP contribution in [0.2, 0.25) is 0 Å². The third kappa shape index (κ3) is 4.68. The van der Waals surface area contributed by atoms with E-state index in [-0.39, 0.29) is 30.3 Å². The molecule has 0 spiro atoms. The number of piperidine rings is 1. The number of rotatable bonds is 5. The lowest BCUT2D eigenvalue weighted by Crippen LogP contribution is -2.37. The molecule has 126 valence electrons. The molecule has 1 aromatic carbocycles. The minimum absolute atomic E-state index is 0.0686. The first kappa shape index (κ1) is 17.2. The molecule has 1 aliphatic rings. The van der Waals surface area contributed by atoms with Crippen LogP contribution in [0.1, 0.15) is 36.0 Å². The van der Waals surface area contributed by atoms with Gasteiger partial charge in [-0.3, -0.25) is 9.59 Å². The second-order valence-corrected chi connectivity index (χ2v) is 6.01. The summed E-state index contributed by atoms with van der Waals surface area (Å²) in [5, 5.41) is 2.68. The largest absolute Gasteiger partial charge is 0.375 e. The maximum atomic E-state index is 13.9. The normalized spacial score (nSPS) is 14.5. The molecule has 1 saturated heterocycles. The first-order chi connectivity index (χ1) is 11.0. The predicted molar refractivity (Wildman–Crippen MR) is 88.1 cm³/mol. The van der Waals surface area contributed by atoms with E-state index in [2.05, 4.69) is 5.32 Å². The van der Waals surface area contributed by atoms with Crippen molar-refractivity contribution in [3.05, 3.63) is 29.6 Å². The average Bonchev–Trinajstić information content (AvgIpc) is 2.55. The van der Waals surface area contributed by atoms with E-state index in [1.165, 1.54) is 12.5 Å². The summed E-state index contributed by atoms with van der Waals surface area (Å²) in [5.41, 5.74) is 0.695. The second-order valence-electron chi connectivity index (χ2n) is 6.01. The number of halogens is 1. The fourth-order valence-electron chi connectivity index (χ4n) is 2.70. The summed E-state index contributed by atoms with van der Waals surface area (Å²) in [6.07, 6.45) is 3.56. The van der Waals surface area contributed by atoms with Gasteiger partial charge >= 0.3 is 0 Å². The molecule has 0 saturated carbocycles. The molecule has 23 heavy (non-hydrogen) atoms. The van der Waals surface area contributed by atoms with Crippen molar-refractivity contribution >= 4 is 17.5 Å². The van der Waals surface area contributed by atoms with Gasteiger partial charge in [0.2, 0.25) is 5.91 Å². The Balaban J connectivity index is 1.82. The van der Waals surface area contributed by atoms with Crippen LogP contribution in [0.4, 0.5) is 10.1 Å². The van der Waals surface area contributed by atoms with Crippen molar-refractivity contribution in [3.8, 4) is 0 Å². The molecule has 0 atom stereocenters. The number of anilines is 1. The molecule has 0 unspecified atom stereocenters. The Hall–Kier alpha value is -2.11. The Morgan fingerprint density at radius 2 is 1.91 bits per heavy atom. The monoisotopic (exact) mass is 321 g/mol. The number of hydrogen-bond acceptors (Lipinski definition) is 3. The lowest BCUT2D eigenvalue weighted by atomic mass is 10.1. The summed E-state index contributed by atoms with van der Waals surface area (Å²) in [5.74, 6) is -0.730. The number of amides is 2. The van der Waals surface area contributed by atoms with Gasteiger partial charge in [0.15, 0.2) is 0 Å². The Labute approximate surface area is 136 Å². The van der Waals surface area contributed by atoms with Gasteiger partial charge in [-0.1, -0.05) is 0 Å². The fourth-order valence-corrected chi connectivity index (χ4v) is 2.70. The second kappa shape index (κ2) is 7.94. The highest BCUT2D eigenvalue weighted by Crippen LogP contribution is 2.18. The zero-order valence-corrected chi connectivity index (χ0v) is 13.8. The van der Waals surface area contributed by atoms with E-state index in [0.717, 1.165) is 25.9 Å². The number of carbonyl (C=O) groups is 2. The van der Waals surface area contributed by atoms with Gasteiger partial charge in [0, 0.05) is 45.7 Å². The highest BCUT2D eigenvalue weighted by molar-refractivity contribution is 5.94. The van der Waals surface area contributed by atoms with E-state index in [9.17, 15) is 14.0 Å². The van der Waals surface area contributed by atoms with Crippen molar-refractivity contribution in [2.45, 2.75) is 25.7 Å². The van der Waals surface area contributed by atoms with Crippen LogP contribution in [0.3, 0.4) is 0 Å². The van der Waals surface area contributed by atoms with E-state index in [4.69, 9.17) is 0 Å². The van der Waals surface area contributed by atoms with Crippen LogP contribution < -0.4 is 10.2 Å². The quantitative estimate of drug-likeness (QED) is 0.903. The van der Waals surface area contributed by atoms with Gasteiger partial charge in [-0.2, -0.15) is 0 Å². The molecule has 0 aliphatic carbocycles. The van der Waals surface area contributed by atoms with Crippen LogP contribution in [0.15, 0.2) is 18.2 Å². The summed E-state index contributed by atoms with van der Waals surface area (Å²) < 4.78 is 13.9. The number of hydrogen-bond donors (Lipinski definition) is 1. The van der Waals surface area contributed by atoms with Crippen LogP contribution in [0.5, 0.6) is 0 Å². The number of nitrogens with zero attached hydrogens (tertiary/aromatic N) is 2. The van der Waals surface area contributed by atoms with Crippen molar-refractivity contribution < 1.29 is 14.0 Å². The van der Waals surface area contributed by atoms with Crippen molar-refractivity contribution in [2.24, 2.45) is 0 Å². The lowest BCUT2D eigenvalue weighted by molar-refractivity contribution is -0.131. The van der Waals surface area contributed by atoms with Gasteiger partial charge < -0.3 is 15.1 Å². The van der Waals surface area contributed by atoms with E-state index in [1.807, 2.05) is 4.90 Å². The molecule has 0 radical (unpaired) electrons. The van der Waals surface area contributed by atoms with Crippen LogP contribution in [0, 0.1) is 5.82 Å². The fraction of sp³-hybridized carbons (Fsp3) is 0.529. The number of nitrogens with one attached hydrogen (secondary N) is 1. The summed E-state index contributed by atoms with van der Waals surface area (Å²) in [7, 11) is 3.48. The summed E-state index contributed by atoms with van der Waals surface area (Å²) >= 11 is 0. The summed E-state index contributed by atoms with van der Waals surface area (Å²) in [4.78, 5) is 27.5. The summed E-state index contributed by atoms with van der Waals surface area (Å²) in [6.45, 7) is 1.89. The molecular weight excluding hydrogens is 297 g/mol. The van der Waals surface area contributed by atoms with Gasteiger partial charge in [0.1, 0.15) is 5.82 Å². The molecule has 5 nitrogen and oxygen atoms in total. The Kier molecular flexibility index (Phi) is 5.96. The van der Waals surface area contributed by atoms with E-state index in [0.29, 0.717) is 5.69 Å². The Bertz CT molecular complexity index is 569. The molecule has 2 rings (SSSR count). The topological polar surface area (TPSA) is 52.7 Å². The maximum Gasteiger partial charge on any atom is 0.251 e. The Morgan fingerprint density at radius 1 is 1.22 bits per heavy atom. The number of likely N-dealkylation sites (tertiary alicyclic amines) is 1. The van der Waals surface area contributed by atoms with E-state index >= 15 is 0 Å². The van der Waals surface area contributed by atoms with E-state index in [1.54, 1.807) is 31.1 Å². The van der Waals surface area contributed by atoms with Crippen molar-refractivity contribution in [3.63, 3.8) is 0 Å². The zero-order valence-electron chi connectivity index (χ0n) is 13.8. The minimum atomic E-state index is -0.438. The SMILES string of the molecule is CN(C)c1ccc(C(=O)NCCC(=O)N2CCCCC2)cc1F. The highest BCUT2D eigenvalue weighted by Gasteiger charge is 2.16. The lowest BCUT2D eigenvalue weighted by Gasteiger charge is -2.26. The van der Waals surface area contributed by atoms with Gasteiger partial charge in [0.05, 0.1) is 5.69 Å². The molecule has 1 aliphatic heterocycles. The van der Waals surface area contributed by atoms with Crippen molar-refractivity contribution in [1.29, 1.82) is 0 Å². The molecule has 1 heterocycles. The third-order valence-electron chi connectivity index (χ3n) is 4.02. The minimum Gasteiger partial charge on any atom is -0.375 e. The van der Waals surface area contributed by atoms with Gasteiger partial charge in [-0.05, 0) is 37.5 Å². The van der Waals surface area contributed by atoms with Gasteiger partial charge in [-0.25, -0.2) is 4.39 Å². The molecule has 2 amide bonds. The average molecular weight is 321 g/mol. The standard InChI is InChI=1S/C17H24FN3O2/c1-20(2)15-7-6-13(12-14(15)18)17(23)19-9-8-16(22)21-10-4-3-5-11-21/h6-7,12H,3-5,8-11H2,1-2H3,(H,19,23). The molecule has 1 fully saturated rings. The third-order valence-corrected chi connectivity index (χ3v) is 4.02. The van der Waals surface area contributed by atoms with Crippen LogP contribution in [-0.2, 0) is 4.79 Å². The van der Waals surface area contributed by atoms with Gasteiger partial charge in [0.25, 0.3) is 5.91 Å². The van der Waals surface area contributed by atoms with Crippen LogP contribution in [-0.4, -0.2) is 50.4 Å². The number of benzene rings is 1.